The van der Waals surface area contributed by atoms with Crippen LogP contribution < -0.4 is 5.32 Å². The number of nitrogens with one attached hydrogen (secondary N) is 1. The summed E-state index contributed by atoms with van der Waals surface area (Å²) in [6, 6.07) is 3.73. The first-order valence-electron chi connectivity index (χ1n) is 9.01. The molecule has 0 saturated carbocycles. The molecule has 1 aliphatic heterocycles. The molecule has 9 nitrogen and oxygen atoms in total. The first-order valence-corrected chi connectivity index (χ1v) is 10.4. The largest absolute Gasteiger partial charge is 0.335 e. The van der Waals surface area contributed by atoms with Crippen molar-refractivity contribution in [3.63, 3.8) is 0 Å². The normalized spacial score (nSPS) is 15.8. The molecular weight excluding hydrogens is 372 g/mol. The number of hydrogen-bond donors (Lipinski definition) is 1. The molecule has 2 amide bonds. The maximum atomic E-state index is 12.9. The summed E-state index contributed by atoms with van der Waals surface area (Å²) in [6.07, 6.45) is 1.67. The second-order valence-corrected chi connectivity index (χ2v) is 8.47. The third-order valence-electron chi connectivity index (χ3n) is 4.84. The number of rotatable bonds is 6. The van der Waals surface area contributed by atoms with Gasteiger partial charge in [-0.25, -0.2) is 13.2 Å². The summed E-state index contributed by atoms with van der Waals surface area (Å²) < 4.78 is 27.1. The van der Waals surface area contributed by atoms with Crippen LogP contribution in [-0.2, 0) is 10.0 Å². The van der Waals surface area contributed by atoms with E-state index in [0.29, 0.717) is 5.56 Å². The van der Waals surface area contributed by atoms with Gasteiger partial charge in [0.1, 0.15) is 0 Å². The Hall–Kier alpha value is -2.20. The van der Waals surface area contributed by atoms with Gasteiger partial charge < -0.3 is 10.2 Å². The molecular formula is C17H26N4O5S. The Morgan fingerprint density at radius 2 is 1.81 bits per heavy atom. The Morgan fingerprint density at radius 3 is 2.33 bits per heavy atom. The fourth-order valence-corrected chi connectivity index (χ4v) is 4.68. The van der Waals surface area contributed by atoms with Gasteiger partial charge in [-0.3, -0.25) is 10.1 Å². The van der Waals surface area contributed by atoms with Gasteiger partial charge in [-0.05, 0) is 25.3 Å². The number of piperazine rings is 1. The maximum Gasteiger partial charge on any atom is 0.317 e. The second-order valence-electron chi connectivity index (χ2n) is 6.56. The number of carbonyl (C=O) groups excluding carboxylic acids is 1. The number of nitro benzene ring substituents is 1. The molecule has 150 valence electrons. The third-order valence-corrected chi connectivity index (χ3v) is 6.88. The number of aryl methyl sites for hydroxylation is 1. The van der Waals surface area contributed by atoms with Gasteiger partial charge in [-0.1, -0.05) is 19.9 Å². The molecule has 0 radical (unpaired) electrons. The molecule has 27 heavy (non-hydrogen) atoms. The van der Waals surface area contributed by atoms with E-state index in [2.05, 4.69) is 5.32 Å². The van der Waals surface area contributed by atoms with E-state index in [9.17, 15) is 23.3 Å². The van der Waals surface area contributed by atoms with Gasteiger partial charge in [0.05, 0.1) is 9.82 Å². The number of nitrogens with zero attached hydrogens (tertiary/aromatic N) is 3. The van der Waals surface area contributed by atoms with Crippen LogP contribution in [0.25, 0.3) is 0 Å². The van der Waals surface area contributed by atoms with Crippen molar-refractivity contribution in [2.24, 2.45) is 0 Å². The lowest BCUT2D eigenvalue weighted by atomic mass is 10.2. The van der Waals surface area contributed by atoms with Crippen molar-refractivity contribution in [2.45, 2.75) is 44.6 Å². The minimum atomic E-state index is -3.86. The van der Waals surface area contributed by atoms with Crippen LogP contribution in [0.1, 0.15) is 32.3 Å². The predicted octanol–water partition coefficient (Wildman–Crippen LogP) is 2.11. The van der Waals surface area contributed by atoms with Crippen LogP contribution in [-0.4, -0.2) is 60.8 Å². The van der Waals surface area contributed by atoms with Gasteiger partial charge in [0.25, 0.3) is 5.69 Å². The molecule has 0 spiro atoms. The van der Waals surface area contributed by atoms with Crippen LogP contribution in [0, 0.1) is 17.0 Å². The van der Waals surface area contributed by atoms with E-state index >= 15 is 0 Å². The number of carbonyl (C=O) groups is 1. The molecule has 0 atom stereocenters. The lowest BCUT2D eigenvalue weighted by molar-refractivity contribution is -0.385. The van der Waals surface area contributed by atoms with Crippen LogP contribution in [0.2, 0.25) is 0 Å². The Kier molecular flexibility index (Phi) is 6.77. The fraction of sp³-hybridized carbons (Fsp3) is 0.588. The van der Waals surface area contributed by atoms with Gasteiger partial charge in [0.2, 0.25) is 10.0 Å². The van der Waals surface area contributed by atoms with Crippen molar-refractivity contribution in [3.8, 4) is 0 Å². The molecule has 0 unspecified atom stereocenters. The van der Waals surface area contributed by atoms with E-state index in [0.717, 1.165) is 18.9 Å². The number of amides is 2. The van der Waals surface area contributed by atoms with Crippen molar-refractivity contribution in [3.05, 3.63) is 33.9 Å². The topological polar surface area (TPSA) is 113 Å². The second kappa shape index (κ2) is 8.66. The highest BCUT2D eigenvalue weighted by molar-refractivity contribution is 7.89. The third kappa shape index (κ3) is 4.75. The average molecular weight is 398 g/mol. The first kappa shape index (κ1) is 21.1. The highest BCUT2D eigenvalue weighted by atomic mass is 32.2. The fourth-order valence-electron chi connectivity index (χ4n) is 3.01. The maximum absolute atomic E-state index is 12.9. The smallest absolute Gasteiger partial charge is 0.317 e. The number of sulfonamides is 1. The highest BCUT2D eigenvalue weighted by Gasteiger charge is 2.32. The summed E-state index contributed by atoms with van der Waals surface area (Å²) in [7, 11) is -3.86. The Bertz CT molecular complexity index is 800. The van der Waals surface area contributed by atoms with Crippen LogP contribution in [0.15, 0.2) is 23.1 Å². The lowest BCUT2D eigenvalue weighted by Gasteiger charge is -2.35. The lowest BCUT2D eigenvalue weighted by Crippen LogP contribution is -2.54. The molecule has 0 bridgehead atoms. The first-order chi connectivity index (χ1) is 12.7. The zero-order valence-electron chi connectivity index (χ0n) is 15.8. The van der Waals surface area contributed by atoms with E-state index in [1.165, 1.54) is 16.4 Å². The van der Waals surface area contributed by atoms with E-state index in [4.69, 9.17) is 0 Å². The Balaban J connectivity index is 2.10. The predicted molar refractivity (Wildman–Crippen MR) is 101 cm³/mol. The molecule has 1 aliphatic rings. The molecule has 1 N–H and O–H groups in total. The van der Waals surface area contributed by atoms with E-state index < -0.39 is 14.9 Å². The van der Waals surface area contributed by atoms with Crippen molar-refractivity contribution in [1.29, 1.82) is 0 Å². The molecule has 2 rings (SSSR count). The molecule has 1 aromatic rings. The average Bonchev–Trinajstić information content (AvgIpc) is 2.66. The summed E-state index contributed by atoms with van der Waals surface area (Å²) in [6.45, 7) is 6.47. The molecule has 10 heteroatoms. The zero-order valence-corrected chi connectivity index (χ0v) is 16.7. The molecule has 1 fully saturated rings. The molecule has 0 aromatic heterocycles. The Morgan fingerprint density at radius 1 is 1.22 bits per heavy atom. The molecule has 1 saturated heterocycles. The summed E-state index contributed by atoms with van der Waals surface area (Å²) in [5.74, 6) is 0. The summed E-state index contributed by atoms with van der Waals surface area (Å²) >= 11 is 0. The van der Waals surface area contributed by atoms with E-state index in [-0.39, 0.29) is 48.8 Å². The van der Waals surface area contributed by atoms with Gasteiger partial charge in [0.15, 0.2) is 0 Å². The van der Waals surface area contributed by atoms with Gasteiger partial charge in [-0.15, -0.1) is 0 Å². The van der Waals surface area contributed by atoms with Crippen molar-refractivity contribution in [2.75, 3.05) is 26.2 Å². The minimum absolute atomic E-state index is 0.0633. The number of hydrogen-bond acceptors (Lipinski definition) is 5. The SMILES string of the molecule is CCC(CC)NC(=O)N1CCN(S(=O)(=O)c2cc([N+](=O)[O-])ccc2C)CC1. The van der Waals surface area contributed by atoms with Crippen molar-refractivity contribution < 1.29 is 18.1 Å². The standard InChI is InChI=1S/C17H26N4O5S/c1-4-14(5-2)18-17(22)19-8-10-20(11-9-19)27(25,26)16-12-15(21(23)24)7-6-13(16)3/h6-7,12,14H,4-5,8-11H2,1-3H3,(H,18,22). The zero-order chi connectivity index (χ0) is 20.2. The highest BCUT2D eigenvalue weighted by Crippen LogP contribution is 2.25. The Labute approximate surface area is 159 Å². The van der Waals surface area contributed by atoms with Gasteiger partial charge in [0, 0.05) is 44.4 Å². The summed E-state index contributed by atoms with van der Waals surface area (Å²) in [4.78, 5) is 24.2. The molecule has 1 aromatic carbocycles. The number of benzene rings is 1. The van der Waals surface area contributed by atoms with Crippen molar-refractivity contribution >= 4 is 21.7 Å². The van der Waals surface area contributed by atoms with Crippen LogP contribution in [0.3, 0.4) is 0 Å². The van der Waals surface area contributed by atoms with Crippen LogP contribution >= 0.6 is 0 Å². The van der Waals surface area contributed by atoms with E-state index in [1.807, 2.05) is 13.8 Å². The quantitative estimate of drug-likeness (QED) is 0.582. The summed E-state index contributed by atoms with van der Waals surface area (Å²) in [5.41, 5.74) is 0.192. The van der Waals surface area contributed by atoms with Gasteiger partial charge in [-0.2, -0.15) is 4.31 Å². The van der Waals surface area contributed by atoms with Crippen molar-refractivity contribution in [1.82, 2.24) is 14.5 Å². The number of nitro groups is 1. The van der Waals surface area contributed by atoms with Crippen LogP contribution in [0.4, 0.5) is 10.5 Å². The van der Waals surface area contributed by atoms with Gasteiger partial charge >= 0.3 is 6.03 Å². The molecule has 1 heterocycles. The molecule has 0 aliphatic carbocycles. The summed E-state index contributed by atoms with van der Waals surface area (Å²) in [5, 5.41) is 13.9. The number of non-ortho nitro benzene ring substituents is 1. The monoisotopic (exact) mass is 398 g/mol. The van der Waals surface area contributed by atoms with Crippen LogP contribution in [0.5, 0.6) is 0 Å². The van der Waals surface area contributed by atoms with E-state index in [1.54, 1.807) is 11.8 Å². The minimum Gasteiger partial charge on any atom is -0.335 e. The number of urea groups is 1.